The van der Waals surface area contributed by atoms with Gasteiger partial charge in [-0.1, -0.05) is 23.7 Å². The largest absolute Gasteiger partial charge is 0.375 e. The second-order valence-electron chi connectivity index (χ2n) is 3.51. The van der Waals surface area contributed by atoms with E-state index in [1.54, 1.807) is 0 Å². The molecule has 0 saturated heterocycles. The molecule has 3 nitrogen and oxygen atoms in total. The van der Waals surface area contributed by atoms with E-state index in [1.807, 2.05) is 24.3 Å². The van der Waals surface area contributed by atoms with Crippen molar-refractivity contribution in [3.8, 4) is 0 Å². The summed E-state index contributed by atoms with van der Waals surface area (Å²) in [5.41, 5.74) is 1.23. The van der Waals surface area contributed by atoms with Crippen LogP contribution in [-0.4, -0.2) is 26.2 Å². The molecule has 0 heterocycles. The first-order valence-electron chi connectivity index (χ1n) is 5.22. The van der Waals surface area contributed by atoms with Crippen LogP contribution in [0.15, 0.2) is 24.3 Å². The third-order valence-electron chi connectivity index (χ3n) is 2.15. The van der Waals surface area contributed by atoms with Crippen LogP contribution in [0.25, 0.3) is 0 Å². The van der Waals surface area contributed by atoms with Gasteiger partial charge in [0.15, 0.2) is 0 Å². The minimum atomic E-state index is -0.0707. The Labute approximate surface area is 101 Å². The number of carbonyl (C=O) groups excluding carboxylic acids is 1. The number of aryl methyl sites for hydroxylation is 1. The highest BCUT2D eigenvalue weighted by molar-refractivity contribution is 6.30. The number of hydrogen-bond acceptors (Lipinski definition) is 2. The van der Waals surface area contributed by atoms with E-state index >= 15 is 0 Å². The summed E-state index contributed by atoms with van der Waals surface area (Å²) in [5, 5.41) is 3.52. The van der Waals surface area contributed by atoms with Crippen LogP contribution in [0.2, 0.25) is 5.02 Å². The van der Waals surface area contributed by atoms with Crippen LogP contribution in [0.3, 0.4) is 0 Å². The number of halogens is 1. The maximum Gasteiger partial charge on any atom is 0.245 e. The summed E-state index contributed by atoms with van der Waals surface area (Å²) < 4.78 is 4.71. The first-order valence-corrected chi connectivity index (χ1v) is 5.60. The zero-order chi connectivity index (χ0) is 11.8. The van der Waals surface area contributed by atoms with E-state index in [1.165, 1.54) is 12.7 Å². The number of benzene rings is 1. The summed E-state index contributed by atoms with van der Waals surface area (Å²) in [4.78, 5) is 11.0. The average Bonchev–Trinajstić information content (AvgIpc) is 2.27. The summed E-state index contributed by atoms with van der Waals surface area (Å²) in [7, 11) is 1.51. The molecule has 0 bridgehead atoms. The molecule has 0 fully saturated rings. The fourth-order valence-electron chi connectivity index (χ4n) is 1.35. The van der Waals surface area contributed by atoms with Gasteiger partial charge in [0.05, 0.1) is 0 Å². The first kappa shape index (κ1) is 13.0. The highest BCUT2D eigenvalue weighted by Crippen LogP contribution is 2.10. The summed E-state index contributed by atoms with van der Waals surface area (Å²) in [6.07, 6.45) is 1.85. The summed E-state index contributed by atoms with van der Waals surface area (Å²) in [6.45, 7) is 0.797. The molecule has 0 aliphatic carbocycles. The lowest BCUT2D eigenvalue weighted by Gasteiger charge is -2.04. The molecule has 1 aromatic carbocycles. The van der Waals surface area contributed by atoms with Gasteiger partial charge in [0.2, 0.25) is 5.91 Å². The molecule has 16 heavy (non-hydrogen) atoms. The normalized spacial score (nSPS) is 10.1. The van der Waals surface area contributed by atoms with E-state index in [0.717, 1.165) is 17.9 Å². The molecule has 1 rings (SSSR count). The van der Waals surface area contributed by atoms with E-state index in [4.69, 9.17) is 16.3 Å². The molecule has 0 spiro atoms. The summed E-state index contributed by atoms with van der Waals surface area (Å²) in [5.74, 6) is -0.0707. The fraction of sp³-hybridized carbons (Fsp3) is 0.417. The van der Waals surface area contributed by atoms with Crippen molar-refractivity contribution in [3.05, 3.63) is 34.9 Å². The Hall–Kier alpha value is -1.06. The van der Waals surface area contributed by atoms with Crippen molar-refractivity contribution in [2.75, 3.05) is 20.3 Å². The number of nitrogens with one attached hydrogen (secondary N) is 1. The standard InChI is InChI=1S/C12H16ClNO2/c1-16-9-12(15)14-8-2-3-10-4-6-11(13)7-5-10/h4-7H,2-3,8-9H2,1H3,(H,14,15). The Morgan fingerprint density at radius 3 is 2.69 bits per heavy atom. The highest BCUT2D eigenvalue weighted by atomic mass is 35.5. The Morgan fingerprint density at radius 1 is 1.38 bits per heavy atom. The zero-order valence-corrected chi connectivity index (χ0v) is 10.1. The number of methoxy groups -OCH3 is 1. The third-order valence-corrected chi connectivity index (χ3v) is 2.41. The van der Waals surface area contributed by atoms with Gasteiger partial charge in [-0.3, -0.25) is 4.79 Å². The molecule has 0 atom stereocenters. The molecule has 1 amide bonds. The molecular formula is C12H16ClNO2. The van der Waals surface area contributed by atoms with Gasteiger partial charge >= 0.3 is 0 Å². The molecule has 0 aliphatic rings. The Morgan fingerprint density at radius 2 is 2.06 bits per heavy atom. The van der Waals surface area contributed by atoms with Crippen molar-refractivity contribution >= 4 is 17.5 Å². The second-order valence-corrected chi connectivity index (χ2v) is 3.95. The smallest absolute Gasteiger partial charge is 0.245 e. The molecule has 4 heteroatoms. The van der Waals surface area contributed by atoms with E-state index < -0.39 is 0 Å². The van der Waals surface area contributed by atoms with Crippen LogP contribution >= 0.6 is 11.6 Å². The molecule has 0 radical (unpaired) electrons. The molecule has 0 unspecified atom stereocenters. The van der Waals surface area contributed by atoms with E-state index in [2.05, 4.69) is 5.32 Å². The summed E-state index contributed by atoms with van der Waals surface area (Å²) in [6, 6.07) is 7.75. The van der Waals surface area contributed by atoms with Crippen molar-refractivity contribution in [1.82, 2.24) is 5.32 Å². The van der Waals surface area contributed by atoms with Crippen LogP contribution in [0, 0.1) is 0 Å². The van der Waals surface area contributed by atoms with Gasteiger partial charge < -0.3 is 10.1 Å². The minimum Gasteiger partial charge on any atom is -0.375 e. The van der Waals surface area contributed by atoms with E-state index in [9.17, 15) is 4.79 Å². The number of ether oxygens (including phenoxy) is 1. The van der Waals surface area contributed by atoms with Crippen molar-refractivity contribution in [1.29, 1.82) is 0 Å². The third kappa shape index (κ3) is 5.14. The fourth-order valence-corrected chi connectivity index (χ4v) is 1.48. The van der Waals surface area contributed by atoms with Crippen molar-refractivity contribution < 1.29 is 9.53 Å². The Balaban J connectivity index is 2.16. The SMILES string of the molecule is COCC(=O)NCCCc1ccc(Cl)cc1. The Kier molecular flexibility index (Phi) is 5.90. The number of hydrogen-bond donors (Lipinski definition) is 1. The molecule has 1 N–H and O–H groups in total. The lowest BCUT2D eigenvalue weighted by molar-refractivity contribution is -0.124. The molecule has 1 aromatic rings. The monoisotopic (exact) mass is 241 g/mol. The van der Waals surface area contributed by atoms with Crippen LogP contribution in [0.4, 0.5) is 0 Å². The number of carbonyl (C=O) groups is 1. The predicted octanol–water partition coefficient (Wildman–Crippen LogP) is 2.04. The van der Waals surface area contributed by atoms with Crippen molar-refractivity contribution in [2.45, 2.75) is 12.8 Å². The minimum absolute atomic E-state index is 0.0707. The lowest BCUT2D eigenvalue weighted by Crippen LogP contribution is -2.28. The van der Waals surface area contributed by atoms with E-state index in [-0.39, 0.29) is 12.5 Å². The Bertz CT molecular complexity index is 324. The molecule has 0 aliphatic heterocycles. The van der Waals surface area contributed by atoms with Gasteiger partial charge in [-0.2, -0.15) is 0 Å². The summed E-state index contributed by atoms with van der Waals surface area (Å²) >= 11 is 5.78. The quantitative estimate of drug-likeness (QED) is 0.774. The lowest BCUT2D eigenvalue weighted by atomic mass is 10.1. The first-order chi connectivity index (χ1) is 7.72. The van der Waals surface area contributed by atoms with Crippen LogP contribution < -0.4 is 5.32 Å². The van der Waals surface area contributed by atoms with Gasteiger partial charge in [-0.15, -0.1) is 0 Å². The van der Waals surface area contributed by atoms with Gasteiger partial charge in [0, 0.05) is 18.7 Å². The average molecular weight is 242 g/mol. The zero-order valence-electron chi connectivity index (χ0n) is 9.33. The van der Waals surface area contributed by atoms with Crippen LogP contribution in [0.5, 0.6) is 0 Å². The number of rotatable bonds is 6. The molecule has 0 saturated carbocycles. The van der Waals surface area contributed by atoms with Gasteiger partial charge in [-0.25, -0.2) is 0 Å². The van der Waals surface area contributed by atoms with Crippen LogP contribution in [0.1, 0.15) is 12.0 Å². The molecule has 0 aromatic heterocycles. The molecular weight excluding hydrogens is 226 g/mol. The maximum absolute atomic E-state index is 11.0. The number of amides is 1. The van der Waals surface area contributed by atoms with Gasteiger partial charge in [0.25, 0.3) is 0 Å². The van der Waals surface area contributed by atoms with Gasteiger partial charge in [0.1, 0.15) is 6.61 Å². The van der Waals surface area contributed by atoms with Crippen LogP contribution in [-0.2, 0) is 16.0 Å². The maximum atomic E-state index is 11.0. The topological polar surface area (TPSA) is 38.3 Å². The van der Waals surface area contributed by atoms with Crippen molar-refractivity contribution in [3.63, 3.8) is 0 Å². The predicted molar refractivity (Wildman–Crippen MR) is 64.7 cm³/mol. The van der Waals surface area contributed by atoms with Gasteiger partial charge in [-0.05, 0) is 30.5 Å². The molecule has 88 valence electrons. The van der Waals surface area contributed by atoms with E-state index in [0.29, 0.717) is 6.54 Å². The second kappa shape index (κ2) is 7.25. The van der Waals surface area contributed by atoms with Crippen molar-refractivity contribution in [2.24, 2.45) is 0 Å². The highest BCUT2D eigenvalue weighted by Gasteiger charge is 1.98.